The summed E-state index contributed by atoms with van der Waals surface area (Å²) in [6.45, 7) is 0.346. The molecule has 0 aliphatic rings. The van der Waals surface area contributed by atoms with E-state index in [-0.39, 0.29) is 5.69 Å². The minimum absolute atomic E-state index is 0.253. The fourth-order valence-electron chi connectivity index (χ4n) is 3.02. The summed E-state index contributed by atoms with van der Waals surface area (Å²) < 4.78 is 13.6. The number of benzene rings is 2. The van der Waals surface area contributed by atoms with Crippen LogP contribution >= 0.6 is 0 Å². The first-order valence-corrected chi connectivity index (χ1v) is 8.64. The second kappa shape index (κ2) is 7.43. The van der Waals surface area contributed by atoms with Crippen molar-refractivity contribution < 1.29 is 9.47 Å². The van der Waals surface area contributed by atoms with Gasteiger partial charge in [0.1, 0.15) is 17.8 Å². The molecule has 8 heteroatoms. The Morgan fingerprint density at radius 1 is 1.07 bits per heavy atom. The molecule has 0 saturated carbocycles. The largest absolute Gasteiger partial charge is 0.497 e. The summed E-state index contributed by atoms with van der Waals surface area (Å²) in [6, 6.07) is 13.2. The van der Waals surface area contributed by atoms with Crippen molar-refractivity contribution in [2.75, 3.05) is 14.2 Å². The number of rotatable bonds is 6. The summed E-state index contributed by atoms with van der Waals surface area (Å²) in [5, 5.41) is 11.0. The van der Waals surface area contributed by atoms with Crippen LogP contribution in [0.25, 0.3) is 16.8 Å². The van der Waals surface area contributed by atoms with Gasteiger partial charge in [-0.3, -0.25) is 5.10 Å². The van der Waals surface area contributed by atoms with Gasteiger partial charge in [-0.25, -0.2) is 14.0 Å². The SMILES string of the molecule is COc1cccc(Cn2ncn(-c3ccc(-c4cn[nH]c4)cc3OC)c2=O)c1. The van der Waals surface area contributed by atoms with Gasteiger partial charge in [0.15, 0.2) is 0 Å². The third-order valence-electron chi connectivity index (χ3n) is 4.47. The summed E-state index contributed by atoms with van der Waals surface area (Å²) in [7, 11) is 3.18. The maximum atomic E-state index is 12.9. The molecule has 0 aliphatic heterocycles. The van der Waals surface area contributed by atoms with Crippen LogP contribution in [0.3, 0.4) is 0 Å². The number of methoxy groups -OCH3 is 2. The van der Waals surface area contributed by atoms with E-state index in [9.17, 15) is 4.79 Å². The van der Waals surface area contributed by atoms with Crippen molar-refractivity contribution in [3.05, 3.63) is 77.2 Å². The van der Waals surface area contributed by atoms with Crippen LogP contribution in [-0.2, 0) is 6.54 Å². The van der Waals surface area contributed by atoms with Gasteiger partial charge in [-0.2, -0.15) is 10.2 Å². The molecule has 0 spiro atoms. The lowest BCUT2D eigenvalue weighted by Crippen LogP contribution is -2.24. The molecule has 0 fully saturated rings. The van der Waals surface area contributed by atoms with Crippen LogP contribution in [0, 0.1) is 0 Å². The van der Waals surface area contributed by atoms with E-state index in [1.54, 1.807) is 26.6 Å². The van der Waals surface area contributed by atoms with Gasteiger partial charge >= 0.3 is 5.69 Å². The van der Waals surface area contributed by atoms with Crippen molar-refractivity contribution in [1.29, 1.82) is 0 Å². The fourth-order valence-corrected chi connectivity index (χ4v) is 3.02. The molecular weight excluding hydrogens is 358 g/mol. The molecule has 8 nitrogen and oxygen atoms in total. The first kappa shape index (κ1) is 17.6. The number of aromatic amines is 1. The summed E-state index contributed by atoms with van der Waals surface area (Å²) in [6.07, 6.45) is 5.03. The second-order valence-electron chi connectivity index (χ2n) is 6.17. The van der Waals surface area contributed by atoms with Gasteiger partial charge in [0.05, 0.1) is 32.6 Å². The Labute approximate surface area is 161 Å². The average Bonchev–Trinajstić information content (AvgIpc) is 3.39. The van der Waals surface area contributed by atoms with E-state index >= 15 is 0 Å². The maximum Gasteiger partial charge on any atom is 0.350 e. The highest BCUT2D eigenvalue weighted by molar-refractivity contribution is 5.67. The van der Waals surface area contributed by atoms with E-state index in [1.165, 1.54) is 15.6 Å². The molecule has 0 aliphatic carbocycles. The molecule has 0 atom stereocenters. The standard InChI is InChI=1S/C20H19N5O3/c1-27-17-5-3-4-14(8-17)12-25-20(26)24(13-23-25)18-7-6-15(9-19(18)28-2)16-10-21-22-11-16/h3-11,13H,12H2,1-2H3,(H,21,22). The predicted octanol–water partition coefficient (Wildman–Crippen LogP) is 2.49. The van der Waals surface area contributed by atoms with Crippen molar-refractivity contribution in [1.82, 2.24) is 24.5 Å². The first-order chi connectivity index (χ1) is 13.7. The van der Waals surface area contributed by atoms with Crippen molar-refractivity contribution in [3.63, 3.8) is 0 Å². The van der Waals surface area contributed by atoms with Gasteiger partial charge < -0.3 is 9.47 Å². The number of hydrogen-bond acceptors (Lipinski definition) is 5. The van der Waals surface area contributed by atoms with Gasteiger partial charge in [0.25, 0.3) is 0 Å². The molecule has 4 rings (SSSR count). The number of aromatic nitrogens is 5. The smallest absolute Gasteiger partial charge is 0.350 e. The molecule has 2 aromatic heterocycles. The number of nitrogens with zero attached hydrogens (tertiary/aromatic N) is 4. The topological polar surface area (TPSA) is 87.0 Å². The molecule has 0 saturated heterocycles. The lowest BCUT2D eigenvalue weighted by atomic mass is 10.1. The van der Waals surface area contributed by atoms with Gasteiger partial charge in [0.2, 0.25) is 0 Å². The molecule has 0 unspecified atom stereocenters. The van der Waals surface area contributed by atoms with Gasteiger partial charge in [0, 0.05) is 11.8 Å². The minimum atomic E-state index is -0.253. The highest BCUT2D eigenvalue weighted by Gasteiger charge is 2.13. The lowest BCUT2D eigenvalue weighted by molar-refractivity contribution is 0.412. The highest BCUT2D eigenvalue weighted by Crippen LogP contribution is 2.28. The monoisotopic (exact) mass is 377 g/mol. The van der Waals surface area contributed by atoms with Crippen LogP contribution in [0.2, 0.25) is 0 Å². The molecule has 0 amide bonds. The Balaban J connectivity index is 1.68. The Morgan fingerprint density at radius 3 is 2.71 bits per heavy atom. The minimum Gasteiger partial charge on any atom is -0.497 e. The number of hydrogen-bond donors (Lipinski definition) is 1. The molecule has 0 bridgehead atoms. The van der Waals surface area contributed by atoms with E-state index < -0.39 is 0 Å². The number of H-pyrrole nitrogens is 1. The lowest BCUT2D eigenvalue weighted by Gasteiger charge is -2.10. The van der Waals surface area contributed by atoms with Crippen LogP contribution in [0.5, 0.6) is 11.5 Å². The summed E-state index contributed by atoms with van der Waals surface area (Å²) in [5.74, 6) is 1.31. The first-order valence-electron chi connectivity index (χ1n) is 8.64. The zero-order chi connectivity index (χ0) is 19.5. The summed E-state index contributed by atoms with van der Waals surface area (Å²) >= 11 is 0. The Bertz CT molecular complexity index is 1140. The zero-order valence-corrected chi connectivity index (χ0v) is 15.5. The molecule has 1 N–H and O–H groups in total. The van der Waals surface area contributed by atoms with E-state index in [1.807, 2.05) is 42.5 Å². The molecule has 28 heavy (non-hydrogen) atoms. The zero-order valence-electron chi connectivity index (χ0n) is 15.5. The predicted molar refractivity (Wildman–Crippen MR) is 104 cm³/mol. The average molecular weight is 377 g/mol. The van der Waals surface area contributed by atoms with Crippen LogP contribution in [0.4, 0.5) is 0 Å². The van der Waals surface area contributed by atoms with E-state index in [0.29, 0.717) is 18.0 Å². The van der Waals surface area contributed by atoms with Gasteiger partial charge in [-0.15, -0.1) is 0 Å². The van der Waals surface area contributed by atoms with Crippen LogP contribution in [0.15, 0.2) is 66.0 Å². The third kappa shape index (κ3) is 3.27. The summed E-state index contributed by atoms with van der Waals surface area (Å²) in [4.78, 5) is 12.9. The Kier molecular flexibility index (Phi) is 4.67. The highest BCUT2D eigenvalue weighted by atomic mass is 16.5. The fraction of sp³-hybridized carbons (Fsp3) is 0.150. The van der Waals surface area contributed by atoms with Crippen LogP contribution < -0.4 is 15.2 Å². The Hall–Kier alpha value is -3.81. The second-order valence-corrected chi connectivity index (χ2v) is 6.17. The Morgan fingerprint density at radius 2 is 1.96 bits per heavy atom. The van der Waals surface area contributed by atoms with Crippen molar-refractivity contribution >= 4 is 0 Å². The molecule has 142 valence electrons. The molecular formula is C20H19N5O3. The van der Waals surface area contributed by atoms with E-state index in [4.69, 9.17) is 9.47 Å². The van der Waals surface area contributed by atoms with Crippen molar-refractivity contribution in [2.45, 2.75) is 6.54 Å². The van der Waals surface area contributed by atoms with E-state index in [0.717, 1.165) is 22.4 Å². The van der Waals surface area contributed by atoms with Crippen LogP contribution in [-0.4, -0.2) is 38.8 Å². The van der Waals surface area contributed by atoms with E-state index in [2.05, 4.69) is 15.3 Å². The van der Waals surface area contributed by atoms with Crippen molar-refractivity contribution in [3.8, 4) is 28.3 Å². The normalized spacial score (nSPS) is 10.8. The van der Waals surface area contributed by atoms with Gasteiger partial charge in [-0.05, 0) is 35.4 Å². The van der Waals surface area contributed by atoms with Crippen LogP contribution in [0.1, 0.15) is 5.56 Å². The van der Waals surface area contributed by atoms with Gasteiger partial charge in [-0.1, -0.05) is 18.2 Å². The summed E-state index contributed by atoms with van der Waals surface area (Å²) in [5.41, 5.74) is 3.17. The molecule has 2 aromatic carbocycles. The molecule has 2 heterocycles. The number of ether oxygens (including phenoxy) is 2. The quantitative estimate of drug-likeness (QED) is 0.558. The third-order valence-corrected chi connectivity index (χ3v) is 4.47. The maximum absolute atomic E-state index is 12.9. The van der Waals surface area contributed by atoms with Crippen molar-refractivity contribution in [2.24, 2.45) is 0 Å². The molecule has 4 aromatic rings. The number of nitrogens with one attached hydrogen (secondary N) is 1. The molecule has 0 radical (unpaired) electrons.